The minimum atomic E-state index is -0.802. The maximum atomic E-state index is 12.5. The number of aliphatic carboxylic acids is 1. The van der Waals surface area contributed by atoms with Crippen molar-refractivity contribution in [2.45, 2.75) is 32.1 Å². The van der Waals surface area contributed by atoms with Crippen molar-refractivity contribution < 1.29 is 14.7 Å². The van der Waals surface area contributed by atoms with Crippen molar-refractivity contribution in [1.29, 1.82) is 0 Å². The molecule has 0 unspecified atom stereocenters. The van der Waals surface area contributed by atoms with E-state index in [1.165, 1.54) is 0 Å². The van der Waals surface area contributed by atoms with Crippen molar-refractivity contribution in [1.82, 2.24) is 9.80 Å². The van der Waals surface area contributed by atoms with Crippen LogP contribution in [-0.4, -0.2) is 60.5 Å². The van der Waals surface area contributed by atoms with E-state index in [1.807, 2.05) is 4.90 Å². The van der Waals surface area contributed by atoms with Gasteiger partial charge in [0, 0.05) is 19.6 Å². The lowest BCUT2D eigenvalue weighted by Crippen LogP contribution is -2.44. The van der Waals surface area contributed by atoms with E-state index in [9.17, 15) is 14.7 Å². The summed E-state index contributed by atoms with van der Waals surface area (Å²) in [7, 11) is 4.15. The highest BCUT2D eigenvalue weighted by Crippen LogP contribution is 2.34. The summed E-state index contributed by atoms with van der Waals surface area (Å²) >= 11 is 0. The summed E-state index contributed by atoms with van der Waals surface area (Å²) in [5.74, 6) is -0.797. The van der Waals surface area contributed by atoms with Crippen LogP contribution in [0.15, 0.2) is 0 Å². The topological polar surface area (TPSA) is 60.9 Å². The Morgan fingerprint density at radius 2 is 1.70 bits per heavy atom. The smallest absolute Gasteiger partial charge is 0.307 e. The molecule has 0 spiro atoms. The average molecular weight is 282 g/mol. The van der Waals surface area contributed by atoms with Gasteiger partial charge < -0.3 is 14.9 Å². The van der Waals surface area contributed by atoms with Crippen LogP contribution < -0.4 is 0 Å². The first kappa shape index (κ1) is 15.3. The van der Waals surface area contributed by atoms with E-state index in [1.54, 1.807) is 0 Å². The van der Waals surface area contributed by atoms with Crippen molar-refractivity contribution in [3.8, 4) is 0 Å². The van der Waals surface area contributed by atoms with E-state index in [-0.39, 0.29) is 11.8 Å². The lowest BCUT2D eigenvalue weighted by Gasteiger charge is -2.35. The van der Waals surface area contributed by atoms with Gasteiger partial charge in [0.25, 0.3) is 0 Å². The molecule has 1 aliphatic carbocycles. The number of carbonyl (C=O) groups excluding carboxylic acids is 1. The molecule has 114 valence electrons. The van der Waals surface area contributed by atoms with Crippen LogP contribution in [0, 0.1) is 17.8 Å². The first-order chi connectivity index (χ1) is 9.49. The van der Waals surface area contributed by atoms with Gasteiger partial charge in [-0.2, -0.15) is 0 Å². The van der Waals surface area contributed by atoms with Crippen LogP contribution in [0.1, 0.15) is 32.1 Å². The summed E-state index contributed by atoms with van der Waals surface area (Å²) in [6, 6.07) is 0. The highest BCUT2D eigenvalue weighted by molar-refractivity contribution is 5.85. The summed E-state index contributed by atoms with van der Waals surface area (Å²) in [5, 5.41) is 9.20. The maximum Gasteiger partial charge on any atom is 0.307 e. The number of rotatable bonds is 4. The van der Waals surface area contributed by atoms with E-state index in [0.717, 1.165) is 45.3 Å². The van der Waals surface area contributed by atoms with Gasteiger partial charge in [0.05, 0.1) is 11.8 Å². The molecule has 1 saturated carbocycles. The molecule has 2 rings (SSSR count). The van der Waals surface area contributed by atoms with Crippen molar-refractivity contribution in [3.05, 3.63) is 0 Å². The number of carboxylic acids is 1. The van der Waals surface area contributed by atoms with Crippen molar-refractivity contribution in [2.75, 3.05) is 33.7 Å². The van der Waals surface area contributed by atoms with E-state index in [4.69, 9.17) is 0 Å². The monoisotopic (exact) mass is 282 g/mol. The van der Waals surface area contributed by atoms with Gasteiger partial charge in [0.1, 0.15) is 0 Å². The molecule has 1 aliphatic heterocycles. The summed E-state index contributed by atoms with van der Waals surface area (Å²) < 4.78 is 0. The minimum absolute atomic E-state index is 0.0817. The minimum Gasteiger partial charge on any atom is -0.481 e. The fourth-order valence-corrected chi connectivity index (χ4v) is 3.64. The first-order valence-corrected chi connectivity index (χ1v) is 7.65. The molecule has 1 heterocycles. The molecular formula is C15H26N2O3. The van der Waals surface area contributed by atoms with Crippen LogP contribution in [-0.2, 0) is 9.59 Å². The molecule has 2 atom stereocenters. The molecule has 1 N–H and O–H groups in total. The number of carbonyl (C=O) groups is 2. The Labute approximate surface area is 120 Å². The number of hydrogen-bond donors (Lipinski definition) is 1. The third kappa shape index (κ3) is 3.51. The Balaban J connectivity index is 1.87. The van der Waals surface area contributed by atoms with Gasteiger partial charge in [0.2, 0.25) is 5.91 Å². The zero-order valence-electron chi connectivity index (χ0n) is 12.5. The molecule has 0 aromatic carbocycles. The van der Waals surface area contributed by atoms with E-state index >= 15 is 0 Å². The van der Waals surface area contributed by atoms with Crippen LogP contribution in [0.5, 0.6) is 0 Å². The van der Waals surface area contributed by atoms with Crippen LogP contribution in [0.3, 0.4) is 0 Å². The predicted octanol–water partition coefficient (Wildman–Crippen LogP) is 1.29. The van der Waals surface area contributed by atoms with Gasteiger partial charge in [-0.1, -0.05) is 6.42 Å². The van der Waals surface area contributed by atoms with Crippen LogP contribution in [0.4, 0.5) is 0 Å². The number of nitrogens with zero attached hydrogens (tertiary/aromatic N) is 2. The second kappa shape index (κ2) is 6.57. The summed E-state index contributed by atoms with van der Waals surface area (Å²) in [4.78, 5) is 27.8. The summed E-state index contributed by atoms with van der Waals surface area (Å²) in [6.07, 6.45) is 4.34. The molecule has 0 aromatic rings. The summed E-state index contributed by atoms with van der Waals surface area (Å²) in [5.41, 5.74) is 0. The lowest BCUT2D eigenvalue weighted by atomic mass is 9.91. The fourth-order valence-electron chi connectivity index (χ4n) is 3.64. The van der Waals surface area contributed by atoms with Gasteiger partial charge in [0.15, 0.2) is 0 Å². The standard InChI is InChI=1S/C15H26N2O3/c1-16(2)10-11-6-8-17(9-7-11)14(18)12-4-3-5-13(12)15(19)20/h11-13H,3-10H2,1-2H3,(H,19,20)/t12-,13+/m1/s1. The number of carboxylic acid groups (broad SMARTS) is 1. The molecule has 0 aromatic heterocycles. The maximum absolute atomic E-state index is 12.5. The molecule has 20 heavy (non-hydrogen) atoms. The SMILES string of the molecule is CN(C)CC1CCN(C(=O)[C@@H]2CCC[C@@H]2C(=O)O)CC1. The Hall–Kier alpha value is -1.10. The van der Waals surface area contributed by atoms with Crippen molar-refractivity contribution in [3.63, 3.8) is 0 Å². The molecule has 1 amide bonds. The Bertz CT molecular complexity index is 362. The zero-order valence-corrected chi connectivity index (χ0v) is 12.5. The second-order valence-electron chi connectivity index (χ2n) is 6.51. The normalized spacial score (nSPS) is 28.1. The van der Waals surface area contributed by atoms with E-state index in [2.05, 4.69) is 19.0 Å². The number of likely N-dealkylation sites (tertiary alicyclic amines) is 1. The predicted molar refractivity (Wildman–Crippen MR) is 76.3 cm³/mol. The number of amides is 1. The second-order valence-corrected chi connectivity index (χ2v) is 6.51. The Morgan fingerprint density at radius 3 is 2.25 bits per heavy atom. The largest absolute Gasteiger partial charge is 0.481 e. The molecule has 5 nitrogen and oxygen atoms in total. The molecule has 2 fully saturated rings. The fraction of sp³-hybridized carbons (Fsp3) is 0.867. The van der Waals surface area contributed by atoms with Crippen LogP contribution in [0.25, 0.3) is 0 Å². The lowest BCUT2D eigenvalue weighted by molar-refractivity contribution is -0.149. The third-order valence-corrected chi connectivity index (χ3v) is 4.70. The van der Waals surface area contributed by atoms with Crippen molar-refractivity contribution in [2.24, 2.45) is 17.8 Å². The molecular weight excluding hydrogens is 256 g/mol. The van der Waals surface area contributed by atoms with Crippen LogP contribution in [0.2, 0.25) is 0 Å². The number of piperidine rings is 1. The summed E-state index contributed by atoms with van der Waals surface area (Å²) in [6.45, 7) is 2.66. The first-order valence-electron chi connectivity index (χ1n) is 7.65. The molecule has 2 aliphatic rings. The van der Waals surface area contributed by atoms with Crippen molar-refractivity contribution >= 4 is 11.9 Å². The Kier molecular flexibility index (Phi) is 5.02. The highest BCUT2D eigenvalue weighted by Gasteiger charge is 2.40. The average Bonchev–Trinajstić information content (AvgIpc) is 2.87. The third-order valence-electron chi connectivity index (χ3n) is 4.70. The zero-order chi connectivity index (χ0) is 14.7. The van der Waals surface area contributed by atoms with Gasteiger partial charge in [-0.15, -0.1) is 0 Å². The quantitative estimate of drug-likeness (QED) is 0.844. The Morgan fingerprint density at radius 1 is 1.10 bits per heavy atom. The van der Waals surface area contributed by atoms with Gasteiger partial charge in [-0.3, -0.25) is 9.59 Å². The molecule has 5 heteroatoms. The number of hydrogen-bond acceptors (Lipinski definition) is 3. The van der Waals surface area contributed by atoms with E-state index in [0.29, 0.717) is 12.3 Å². The highest BCUT2D eigenvalue weighted by atomic mass is 16.4. The van der Waals surface area contributed by atoms with Gasteiger partial charge >= 0.3 is 5.97 Å². The molecule has 1 saturated heterocycles. The van der Waals surface area contributed by atoms with Crippen LogP contribution >= 0.6 is 0 Å². The van der Waals surface area contributed by atoms with Gasteiger partial charge in [-0.05, 0) is 45.7 Å². The van der Waals surface area contributed by atoms with Gasteiger partial charge in [-0.25, -0.2) is 0 Å². The van der Waals surface area contributed by atoms with E-state index < -0.39 is 11.9 Å². The molecule has 0 bridgehead atoms. The molecule has 0 radical (unpaired) electrons.